The Balaban J connectivity index is 1.66. The first kappa shape index (κ1) is 14.1. The lowest BCUT2D eigenvalue weighted by Gasteiger charge is -2.33. The van der Waals surface area contributed by atoms with Crippen LogP contribution in [0.25, 0.3) is 6.08 Å². The van der Waals surface area contributed by atoms with E-state index in [0.29, 0.717) is 12.5 Å². The van der Waals surface area contributed by atoms with Crippen molar-refractivity contribution in [1.82, 2.24) is 10.2 Å². The van der Waals surface area contributed by atoms with Crippen LogP contribution in [0, 0.1) is 5.92 Å². The highest BCUT2D eigenvalue weighted by atomic mass is 16.5. The van der Waals surface area contributed by atoms with Crippen molar-refractivity contribution in [3.8, 4) is 5.75 Å². The minimum atomic E-state index is 0.132. The molecule has 2 aliphatic heterocycles. The van der Waals surface area contributed by atoms with Gasteiger partial charge < -0.3 is 15.0 Å². The van der Waals surface area contributed by atoms with E-state index in [-0.39, 0.29) is 5.91 Å². The third kappa shape index (κ3) is 3.10. The fraction of sp³-hybridized carbons (Fsp3) is 0.471. The molecule has 0 unspecified atom stereocenters. The van der Waals surface area contributed by atoms with E-state index >= 15 is 0 Å². The molecule has 3 rings (SSSR count). The number of nitrogens with zero attached hydrogens (tertiary/aromatic N) is 1. The molecule has 0 saturated carbocycles. The molecule has 1 fully saturated rings. The molecular weight excluding hydrogens is 264 g/mol. The lowest BCUT2D eigenvalue weighted by molar-refractivity contribution is -0.128. The third-order valence-electron chi connectivity index (χ3n) is 4.30. The van der Waals surface area contributed by atoms with Gasteiger partial charge in [0.05, 0.1) is 5.57 Å². The van der Waals surface area contributed by atoms with Crippen LogP contribution in [0.3, 0.4) is 0 Å². The van der Waals surface area contributed by atoms with Gasteiger partial charge in [-0.15, -0.1) is 0 Å². The average Bonchev–Trinajstić information content (AvgIpc) is 2.55. The number of fused-ring (bicyclic) bond motifs is 1. The Hall–Kier alpha value is -1.81. The molecule has 0 aromatic heterocycles. The zero-order valence-corrected chi connectivity index (χ0v) is 12.5. The predicted octanol–water partition coefficient (Wildman–Crippen LogP) is 1.92. The molecule has 0 bridgehead atoms. The summed E-state index contributed by atoms with van der Waals surface area (Å²) < 4.78 is 5.68. The van der Waals surface area contributed by atoms with Crippen LogP contribution in [-0.4, -0.2) is 44.1 Å². The van der Waals surface area contributed by atoms with Gasteiger partial charge in [-0.3, -0.25) is 4.79 Å². The van der Waals surface area contributed by atoms with E-state index < -0.39 is 0 Å². The van der Waals surface area contributed by atoms with Crippen molar-refractivity contribution in [2.75, 3.05) is 33.3 Å². The smallest absolute Gasteiger partial charge is 0.253 e. The van der Waals surface area contributed by atoms with Crippen LogP contribution in [-0.2, 0) is 4.79 Å². The maximum Gasteiger partial charge on any atom is 0.253 e. The summed E-state index contributed by atoms with van der Waals surface area (Å²) in [6.45, 7) is 3.13. The van der Waals surface area contributed by atoms with Gasteiger partial charge in [-0.25, -0.2) is 0 Å². The van der Waals surface area contributed by atoms with Crippen molar-refractivity contribution >= 4 is 12.0 Å². The summed E-state index contributed by atoms with van der Waals surface area (Å²) in [6, 6.07) is 7.85. The highest BCUT2D eigenvalue weighted by Crippen LogP contribution is 2.27. The first-order valence-corrected chi connectivity index (χ1v) is 7.64. The van der Waals surface area contributed by atoms with E-state index in [2.05, 4.69) is 5.32 Å². The monoisotopic (exact) mass is 286 g/mol. The molecule has 0 atom stereocenters. The van der Waals surface area contributed by atoms with E-state index in [1.807, 2.05) is 42.3 Å². The van der Waals surface area contributed by atoms with E-state index in [0.717, 1.165) is 49.4 Å². The number of amides is 1. The summed E-state index contributed by atoms with van der Waals surface area (Å²) in [5.41, 5.74) is 1.76. The number of rotatable bonds is 3. The maximum atomic E-state index is 12.6. The number of nitrogens with one attached hydrogen (secondary N) is 1. The van der Waals surface area contributed by atoms with Gasteiger partial charge >= 0.3 is 0 Å². The van der Waals surface area contributed by atoms with E-state index in [1.54, 1.807) is 0 Å². The summed E-state index contributed by atoms with van der Waals surface area (Å²) in [6.07, 6.45) is 4.13. The van der Waals surface area contributed by atoms with Crippen molar-refractivity contribution in [3.63, 3.8) is 0 Å². The summed E-state index contributed by atoms with van der Waals surface area (Å²) in [7, 11) is 1.99. The summed E-state index contributed by atoms with van der Waals surface area (Å²) in [4.78, 5) is 14.6. The molecule has 112 valence electrons. The zero-order chi connectivity index (χ0) is 14.7. The van der Waals surface area contributed by atoms with Gasteiger partial charge in [0.1, 0.15) is 12.4 Å². The Morgan fingerprint density at radius 1 is 1.33 bits per heavy atom. The Bertz CT molecular complexity index is 545. The first-order chi connectivity index (χ1) is 10.3. The number of piperidine rings is 1. The molecule has 0 spiro atoms. The minimum Gasteiger partial charge on any atom is -0.488 e. The van der Waals surface area contributed by atoms with E-state index in [4.69, 9.17) is 4.74 Å². The second kappa shape index (κ2) is 6.31. The second-order valence-electron chi connectivity index (χ2n) is 5.79. The second-order valence-corrected chi connectivity index (χ2v) is 5.79. The SMILES string of the molecule is CNCC1CCN(C(=O)C2=Cc3ccccc3OC2)CC1. The van der Waals surface area contributed by atoms with Crippen molar-refractivity contribution in [3.05, 3.63) is 35.4 Å². The number of likely N-dealkylation sites (tertiary alicyclic amines) is 1. The number of benzene rings is 1. The number of carbonyl (C=O) groups is 1. The number of hydrogen-bond donors (Lipinski definition) is 1. The molecule has 1 saturated heterocycles. The average molecular weight is 286 g/mol. The lowest BCUT2D eigenvalue weighted by Crippen LogP contribution is -2.42. The predicted molar refractivity (Wildman–Crippen MR) is 83.1 cm³/mol. The van der Waals surface area contributed by atoms with Crippen LogP contribution in [0.15, 0.2) is 29.8 Å². The van der Waals surface area contributed by atoms with E-state index in [1.165, 1.54) is 0 Å². The molecule has 4 heteroatoms. The molecule has 0 radical (unpaired) electrons. The summed E-state index contributed by atoms with van der Waals surface area (Å²) in [5, 5.41) is 3.22. The molecule has 2 heterocycles. The van der Waals surface area contributed by atoms with Gasteiger partial charge in [-0.2, -0.15) is 0 Å². The van der Waals surface area contributed by atoms with Crippen molar-refractivity contribution in [2.24, 2.45) is 5.92 Å². The molecule has 0 aliphatic carbocycles. The van der Waals surface area contributed by atoms with Gasteiger partial charge in [-0.1, -0.05) is 18.2 Å². The largest absolute Gasteiger partial charge is 0.488 e. The third-order valence-corrected chi connectivity index (χ3v) is 4.30. The normalized spacial score (nSPS) is 18.7. The molecule has 21 heavy (non-hydrogen) atoms. The van der Waals surface area contributed by atoms with Crippen LogP contribution in [0.5, 0.6) is 5.75 Å². The topological polar surface area (TPSA) is 41.6 Å². The Morgan fingerprint density at radius 3 is 2.86 bits per heavy atom. The summed E-state index contributed by atoms with van der Waals surface area (Å²) >= 11 is 0. The first-order valence-electron chi connectivity index (χ1n) is 7.64. The Labute approximate surface area is 125 Å². The van der Waals surface area contributed by atoms with Crippen molar-refractivity contribution in [1.29, 1.82) is 0 Å². The highest BCUT2D eigenvalue weighted by Gasteiger charge is 2.26. The highest BCUT2D eigenvalue weighted by molar-refractivity contribution is 5.99. The quantitative estimate of drug-likeness (QED) is 0.923. The summed E-state index contributed by atoms with van der Waals surface area (Å²) in [5.74, 6) is 1.69. The minimum absolute atomic E-state index is 0.132. The number of ether oxygens (including phenoxy) is 1. The maximum absolute atomic E-state index is 12.6. The standard InChI is InChI=1S/C17H22N2O2/c1-18-11-13-6-8-19(9-7-13)17(20)15-10-14-4-2-3-5-16(14)21-12-15/h2-5,10,13,18H,6-9,11-12H2,1H3. The van der Waals surface area contributed by atoms with Gasteiger partial charge in [0.25, 0.3) is 5.91 Å². The number of carbonyl (C=O) groups excluding carboxylic acids is 1. The van der Waals surface area contributed by atoms with Crippen LogP contribution < -0.4 is 10.1 Å². The molecule has 2 aliphatic rings. The number of hydrogen-bond acceptors (Lipinski definition) is 3. The Morgan fingerprint density at radius 2 is 2.10 bits per heavy atom. The van der Waals surface area contributed by atoms with Crippen LogP contribution in [0.4, 0.5) is 0 Å². The van der Waals surface area contributed by atoms with Crippen molar-refractivity contribution < 1.29 is 9.53 Å². The number of para-hydroxylation sites is 1. The van der Waals surface area contributed by atoms with Crippen LogP contribution >= 0.6 is 0 Å². The van der Waals surface area contributed by atoms with Gasteiger partial charge in [0, 0.05) is 18.7 Å². The molecule has 1 aromatic rings. The molecular formula is C17H22N2O2. The molecule has 1 N–H and O–H groups in total. The van der Waals surface area contributed by atoms with E-state index in [9.17, 15) is 4.79 Å². The fourth-order valence-electron chi connectivity index (χ4n) is 3.07. The lowest BCUT2D eigenvalue weighted by atomic mass is 9.96. The fourth-order valence-corrected chi connectivity index (χ4v) is 3.07. The van der Waals surface area contributed by atoms with Crippen LogP contribution in [0.2, 0.25) is 0 Å². The van der Waals surface area contributed by atoms with Gasteiger partial charge in [-0.05, 0) is 44.5 Å². The van der Waals surface area contributed by atoms with Gasteiger partial charge in [0.15, 0.2) is 0 Å². The van der Waals surface area contributed by atoms with Crippen molar-refractivity contribution in [2.45, 2.75) is 12.8 Å². The molecule has 1 amide bonds. The zero-order valence-electron chi connectivity index (χ0n) is 12.5. The Kier molecular flexibility index (Phi) is 4.25. The van der Waals surface area contributed by atoms with Gasteiger partial charge in [0.2, 0.25) is 0 Å². The molecule has 1 aromatic carbocycles. The van der Waals surface area contributed by atoms with Crippen LogP contribution in [0.1, 0.15) is 18.4 Å². The molecule has 4 nitrogen and oxygen atoms in total.